The highest BCUT2D eigenvalue weighted by Crippen LogP contribution is 2.27. The van der Waals surface area contributed by atoms with Crippen molar-refractivity contribution in [1.82, 2.24) is 30.9 Å². The number of urea groups is 1. The van der Waals surface area contributed by atoms with Crippen LogP contribution in [0.25, 0.3) is 0 Å². The van der Waals surface area contributed by atoms with Gasteiger partial charge < -0.3 is 34.9 Å². The van der Waals surface area contributed by atoms with Crippen molar-refractivity contribution in [3.05, 3.63) is 106 Å². The maximum Gasteiger partial charge on any atom is 0.342 e. The molecule has 2 aromatic carbocycles. The van der Waals surface area contributed by atoms with Crippen LogP contribution in [0.15, 0.2) is 71.3 Å². The zero-order chi connectivity index (χ0) is 33.3. The van der Waals surface area contributed by atoms with Crippen molar-refractivity contribution in [3.8, 4) is 0 Å². The van der Waals surface area contributed by atoms with Gasteiger partial charge in [0, 0.05) is 6.42 Å². The fraction of sp³-hybridized carbons (Fsp3) is 0.333. The second kappa shape index (κ2) is 15.2. The first-order chi connectivity index (χ1) is 22.8. The summed E-state index contributed by atoms with van der Waals surface area (Å²) >= 11 is 0. The number of aryl methyl sites for hydroxylation is 1. The number of methoxy groups -OCH3 is 2. The molecule has 5 rings (SSSR count). The largest absolute Gasteiger partial charge is 0.465 e. The third kappa shape index (κ3) is 8.02. The maximum atomic E-state index is 13.9. The van der Waals surface area contributed by atoms with E-state index in [-0.39, 0.29) is 36.3 Å². The van der Waals surface area contributed by atoms with Crippen molar-refractivity contribution >= 4 is 23.9 Å². The second-order valence-electron chi connectivity index (χ2n) is 11.1. The second-order valence-corrected chi connectivity index (χ2v) is 11.1. The summed E-state index contributed by atoms with van der Waals surface area (Å²) in [5, 5.41) is 27.4. The number of hydrogen-bond acceptors (Lipinski definition) is 10. The molecule has 0 spiro atoms. The van der Waals surface area contributed by atoms with E-state index in [2.05, 4.69) is 26.3 Å². The lowest BCUT2D eigenvalue weighted by Crippen LogP contribution is -2.45. The number of aliphatic hydroxyl groups is 1. The molecule has 3 atom stereocenters. The summed E-state index contributed by atoms with van der Waals surface area (Å²) in [4.78, 5) is 53.0. The number of benzene rings is 2. The molecule has 4 N–H and O–H groups in total. The van der Waals surface area contributed by atoms with E-state index >= 15 is 0 Å². The molecule has 0 saturated carbocycles. The topological polar surface area (TPSA) is 187 Å². The Balaban J connectivity index is 1.57. The lowest BCUT2D eigenvalue weighted by atomic mass is 10.0. The highest BCUT2D eigenvalue weighted by Gasteiger charge is 2.35. The molecule has 4 bridgehead atoms. The lowest BCUT2D eigenvalue weighted by Gasteiger charge is -2.21. The van der Waals surface area contributed by atoms with Crippen LogP contribution < -0.4 is 16.0 Å². The molecule has 3 amide bonds. The van der Waals surface area contributed by atoms with Gasteiger partial charge in [0.15, 0.2) is 0 Å². The number of nitrogens with one attached hydrogen (secondary N) is 3. The van der Waals surface area contributed by atoms with E-state index in [0.29, 0.717) is 18.5 Å². The third-order valence-electron chi connectivity index (χ3n) is 7.81. The van der Waals surface area contributed by atoms with Gasteiger partial charge in [0.1, 0.15) is 22.6 Å². The minimum atomic E-state index is -0.971. The Morgan fingerprint density at radius 1 is 0.894 bits per heavy atom. The Bertz CT molecular complexity index is 1700. The fourth-order valence-electron chi connectivity index (χ4n) is 5.51. The smallest absolute Gasteiger partial charge is 0.342 e. The van der Waals surface area contributed by atoms with E-state index in [0.717, 1.165) is 25.3 Å². The van der Waals surface area contributed by atoms with E-state index in [1.165, 1.54) is 0 Å². The van der Waals surface area contributed by atoms with Gasteiger partial charge in [0.05, 0.1) is 51.7 Å². The van der Waals surface area contributed by atoms with Gasteiger partial charge in [-0.25, -0.2) is 14.4 Å². The summed E-state index contributed by atoms with van der Waals surface area (Å²) in [6.45, 7) is -0.283. The van der Waals surface area contributed by atoms with E-state index < -0.39 is 54.4 Å². The molecular weight excluding hydrogens is 608 g/mol. The average molecular weight is 645 g/mol. The molecule has 1 aliphatic rings. The quantitative estimate of drug-likeness (QED) is 0.218. The van der Waals surface area contributed by atoms with Gasteiger partial charge in [0.25, 0.3) is 5.91 Å². The van der Waals surface area contributed by atoms with Crippen molar-refractivity contribution in [2.75, 3.05) is 20.8 Å². The number of fused-ring (bicyclic) bond motifs is 4. The van der Waals surface area contributed by atoms with Gasteiger partial charge in [-0.1, -0.05) is 65.9 Å². The normalized spacial score (nSPS) is 18.7. The number of nitrogens with zero attached hydrogens (tertiary/aromatic N) is 3. The lowest BCUT2D eigenvalue weighted by molar-refractivity contribution is 0.0554. The first-order valence-electron chi connectivity index (χ1n) is 15.1. The first-order valence-corrected chi connectivity index (χ1v) is 15.1. The molecule has 2 aromatic heterocycles. The summed E-state index contributed by atoms with van der Waals surface area (Å²) in [6, 6.07) is 16.5. The molecule has 0 fully saturated rings. The summed E-state index contributed by atoms with van der Waals surface area (Å²) in [5.74, 6) is -3.11. The van der Waals surface area contributed by atoms with Crippen LogP contribution in [0.3, 0.4) is 0 Å². The summed E-state index contributed by atoms with van der Waals surface area (Å²) < 4.78 is 17.3. The van der Waals surface area contributed by atoms with Crippen LogP contribution in [-0.2, 0) is 35.3 Å². The van der Waals surface area contributed by atoms with Gasteiger partial charge in [-0.3, -0.25) is 9.48 Å². The number of hydrogen-bond donors (Lipinski definition) is 4. The molecule has 14 nitrogen and oxygen atoms in total. The number of aliphatic hydroxyl groups excluding tert-OH is 1. The van der Waals surface area contributed by atoms with E-state index in [9.17, 15) is 24.3 Å². The highest BCUT2D eigenvalue weighted by atomic mass is 16.5. The fourth-order valence-corrected chi connectivity index (χ4v) is 5.51. The number of carbonyl (C=O) groups excluding carboxylic acids is 4. The molecule has 4 aromatic rings. The molecule has 1 aliphatic heterocycles. The van der Waals surface area contributed by atoms with E-state index in [1.807, 2.05) is 60.7 Å². The van der Waals surface area contributed by atoms with Gasteiger partial charge in [0.2, 0.25) is 5.76 Å². The maximum absolute atomic E-state index is 13.9. The number of ether oxygens (including phenoxy) is 2. The van der Waals surface area contributed by atoms with Crippen LogP contribution in [0.2, 0.25) is 0 Å². The van der Waals surface area contributed by atoms with Crippen molar-refractivity contribution in [2.45, 2.75) is 50.4 Å². The van der Waals surface area contributed by atoms with Crippen LogP contribution in [0.1, 0.15) is 66.3 Å². The predicted molar refractivity (Wildman–Crippen MR) is 167 cm³/mol. The van der Waals surface area contributed by atoms with Crippen molar-refractivity contribution in [3.63, 3.8) is 0 Å². The number of carbonyl (C=O) groups is 4. The number of esters is 2. The standard InChI is InChI=1S/C33H36N6O8/c1-45-31(42)27-26-14-13-22(19-40)35-33(44)36-24(16-21-11-7-4-8-12-21)25-18-39(38-37-25)17-23(15-20-9-5-3-6-10-20)34-30(41)29(47-26)28(27)32(43)46-2/h3-12,18,22-24,40H,13-17,19H2,1-2H3,(H,34,41)(H2,35,36,44)/t22-,23-,24-/m1/s1. The predicted octanol–water partition coefficient (Wildman–Crippen LogP) is 2.38. The van der Waals surface area contributed by atoms with Crippen molar-refractivity contribution < 1.29 is 38.2 Å². The number of aromatic nitrogens is 3. The zero-order valence-corrected chi connectivity index (χ0v) is 26.0. The Kier molecular flexibility index (Phi) is 10.6. The molecule has 246 valence electrons. The van der Waals surface area contributed by atoms with E-state index in [1.54, 1.807) is 10.9 Å². The van der Waals surface area contributed by atoms with Crippen molar-refractivity contribution in [2.24, 2.45) is 0 Å². The van der Waals surface area contributed by atoms with Crippen LogP contribution in [0.5, 0.6) is 0 Å². The molecule has 0 aliphatic carbocycles. The molecule has 0 saturated heterocycles. The molecule has 0 unspecified atom stereocenters. The minimum Gasteiger partial charge on any atom is -0.465 e. The SMILES string of the molecule is COC(=O)c1c2oc(c1C(=O)OC)C(=O)N[C@H](Cc1ccccc1)Cn1cc(nn1)[C@@H](Cc1ccccc1)NC(=O)N[C@@H](CO)CC2. The molecule has 14 heteroatoms. The highest BCUT2D eigenvalue weighted by molar-refractivity contribution is 6.11. The molecular formula is C33H36N6O8. The van der Waals surface area contributed by atoms with Crippen LogP contribution >= 0.6 is 0 Å². The number of furan rings is 1. The number of rotatable bonds is 7. The third-order valence-corrected chi connectivity index (χ3v) is 7.81. The zero-order valence-electron chi connectivity index (χ0n) is 26.0. The van der Waals surface area contributed by atoms with E-state index in [4.69, 9.17) is 13.9 Å². The summed E-state index contributed by atoms with van der Waals surface area (Å²) in [5.41, 5.74) is 1.71. The van der Waals surface area contributed by atoms with Gasteiger partial charge >= 0.3 is 18.0 Å². The minimum absolute atomic E-state index is 0.0329. The van der Waals surface area contributed by atoms with Gasteiger partial charge in [-0.15, -0.1) is 5.10 Å². The molecule has 3 heterocycles. The summed E-state index contributed by atoms with van der Waals surface area (Å²) in [6.07, 6.45) is 2.52. The van der Waals surface area contributed by atoms with Crippen LogP contribution in [0, 0.1) is 0 Å². The number of amides is 3. The first kappa shape index (κ1) is 32.9. The summed E-state index contributed by atoms with van der Waals surface area (Å²) in [7, 11) is 2.25. The van der Waals surface area contributed by atoms with Crippen LogP contribution in [-0.4, -0.2) is 76.9 Å². The Morgan fingerprint density at radius 3 is 2.17 bits per heavy atom. The monoisotopic (exact) mass is 644 g/mol. The molecule has 0 radical (unpaired) electrons. The van der Waals surface area contributed by atoms with Crippen LogP contribution in [0.4, 0.5) is 4.79 Å². The average Bonchev–Trinajstić information content (AvgIpc) is 3.71. The Hall–Kier alpha value is -5.50. The van der Waals surface area contributed by atoms with Crippen molar-refractivity contribution in [1.29, 1.82) is 0 Å². The molecule has 47 heavy (non-hydrogen) atoms. The van der Waals surface area contributed by atoms with Gasteiger partial charge in [-0.2, -0.15) is 0 Å². The van der Waals surface area contributed by atoms with Gasteiger partial charge in [-0.05, 0) is 30.4 Å². The Morgan fingerprint density at radius 2 is 1.53 bits per heavy atom. The Labute approximate surface area is 270 Å².